The molecule has 1 atom stereocenters. The van der Waals surface area contributed by atoms with Crippen LogP contribution in [0.4, 0.5) is 0 Å². The number of aromatic carboxylic acids is 1. The van der Waals surface area contributed by atoms with Crippen LogP contribution in [0.15, 0.2) is 18.2 Å². The first-order valence-corrected chi connectivity index (χ1v) is 8.15. The molecule has 0 bridgehead atoms. The number of fused-ring (bicyclic) bond motifs is 1. The Balaban J connectivity index is 2.09. The Bertz CT molecular complexity index is 661. The normalized spacial score (nSPS) is 16.5. The summed E-state index contributed by atoms with van der Waals surface area (Å²) in [6, 6.07) is 5.25. The van der Waals surface area contributed by atoms with E-state index in [9.17, 15) is 4.79 Å². The predicted molar refractivity (Wildman–Crippen MR) is 81.6 cm³/mol. The first-order chi connectivity index (χ1) is 9.60. The molecule has 20 heavy (non-hydrogen) atoms. The fraction of sp³-hybridized carbons (Fsp3) is 0.467. The number of nitrogens with zero attached hydrogens (tertiary/aromatic N) is 2. The van der Waals surface area contributed by atoms with Crippen molar-refractivity contribution in [2.75, 3.05) is 6.26 Å². The molecule has 5 heteroatoms. The van der Waals surface area contributed by atoms with Crippen LogP contribution in [0.3, 0.4) is 0 Å². The standard InChI is InChI=1S/C15H18N2O2S/c1-9(20-2)8-17-13-6-5-11(15(18)19)7-12(13)16-14(17)10-3-4-10/h5-7,9-10H,3-4,8H2,1-2H3,(H,18,19). The van der Waals surface area contributed by atoms with E-state index in [0.29, 0.717) is 16.7 Å². The van der Waals surface area contributed by atoms with E-state index in [1.165, 1.54) is 12.8 Å². The number of carboxylic acid groups (broad SMARTS) is 1. The van der Waals surface area contributed by atoms with Crippen LogP contribution < -0.4 is 0 Å². The molecule has 2 aromatic rings. The Morgan fingerprint density at radius 2 is 2.30 bits per heavy atom. The summed E-state index contributed by atoms with van der Waals surface area (Å²) in [6.07, 6.45) is 4.51. The highest BCUT2D eigenvalue weighted by atomic mass is 32.2. The van der Waals surface area contributed by atoms with Crippen molar-refractivity contribution in [1.29, 1.82) is 0 Å². The van der Waals surface area contributed by atoms with Crippen molar-refractivity contribution in [1.82, 2.24) is 9.55 Å². The number of carbonyl (C=O) groups is 1. The molecule has 0 spiro atoms. The van der Waals surface area contributed by atoms with Crippen LogP contribution in [0, 0.1) is 0 Å². The van der Waals surface area contributed by atoms with Gasteiger partial charge in [0.1, 0.15) is 5.82 Å². The van der Waals surface area contributed by atoms with Crippen molar-refractivity contribution < 1.29 is 9.90 Å². The minimum absolute atomic E-state index is 0.308. The van der Waals surface area contributed by atoms with Crippen LogP contribution in [-0.2, 0) is 6.54 Å². The molecule has 0 aliphatic heterocycles. The molecule has 0 saturated heterocycles. The second-order valence-electron chi connectivity index (χ2n) is 5.41. The van der Waals surface area contributed by atoms with Crippen molar-refractivity contribution in [3.8, 4) is 0 Å². The van der Waals surface area contributed by atoms with Gasteiger partial charge in [0.2, 0.25) is 0 Å². The fourth-order valence-corrected chi connectivity index (χ4v) is 2.76. The van der Waals surface area contributed by atoms with E-state index >= 15 is 0 Å². The summed E-state index contributed by atoms with van der Waals surface area (Å²) in [5.74, 6) is 0.792. The van der Waals surface area contributed by atoms with Gasteiger partial charge in [-0.05, 0) is 37.3 Å². The monoisotopic (exact) mass is 290 g/mol. The lowest BCUT2D eigenvalue weighted by molar-refractivity contribution is 0.0697. The lowest BCUT2D eigenvalue weighted by Gasteiger charge is -2.13. The van der Waals surface area contributed by atoms with Crippen LogP contribution in [-0.4, -0.2) is 32.1 Å². The molecular formula is C15H18N2O2S. The molecule has 1 aliphatic carbocycles. The van der Waals surface area contributed by atoms with Crippen molar-refractivity contribution >= 4 is 28.8 Å². The lowest BCUT2D eigenvalue weighted by atomic mass is 10.2. The zero-order valence-electron chi connectivity index (χ0n) is 11.7. The molecule has 4 nitrogen and oxygen atoms in total. The summed E-state index contributed by atoms with van der Waals surface area (Å²) in [5, 5.41) is 9.61. The molecule has 0 radical (unpaired) electrons. The van der Waals surface area contributed by atoms with E-state index in [4.69, 9.17) is 10.1 Å². The third-order valence-corrected chi connectivity index (χ3v) is 4.76. The number of hydrogen-bond donors (Lipinski definition) is 1. The summed E-state index contributed by atoms with van der Waals surface area (Å²) in [7, 11) is 0. The average molecular weight is 290 g/mol. The molecule has 1 heterocycles. The molecule has 1 aliphatic rings. The van der Waals surface area contributed by atoms with E-state index in [-0.39, 0.29) is 0 Å². The molecule has 1 aromatic carbocycles. The number of imidazole rings is 1. The number of thioether (sulfide) groups is 1. The number of carboxylic acids is 1. The molecule has 1 unspecified atom stereocenters. The largest absolute Gasteiger partial charge is 0.478 e. The average Bonchev–Trinajstić information content (AvgIpc) is 3.22. The van der Waals surface area contributed by atoms with Crippen molar-refractivity contribution in [2.45, 2.75) is 37.5 Å². The second kappa shape index (κ2) is 5.13. The van der Waals surface area contributed by atoms with Gasteiger partial charge < -0.3 is 9.67 Å². The Kier molecular flexibility index (Phi) is 3.46. The molecule has 1 saturated carbocycles. The lowest BCUT2D eigenvalue weighted by Crippen LogP contribution is -2.11. The van der Waals surface area contributed by atoms with Gasteiger partial charge in [0.25, 0.3) is 0 Å². The molecule has 1 aromatic heterocycles. The van der Waals surface area contributed by atoms with Gasteiger partial charge in [0, 0.05) is 17.7 Å². The van der Waals surface area contributed by atoms with Gasteiger partial charge in [-0.3, -0.25) is 0 Å². The molecule has 106 valence electrons. The van der Waals surface area contributed by atoms with Gasteiger partial charge in [-0.2, -0.15) is 11.8 Å². The number of hydrogen-bond acceptors (Lipinski definition) is 3. The van der Waals surface area contributed by atoms with Crippen molar-refractivity contribution in [3.05, 3.63) is 29.6 Å². The molecule has 0 amide bonds. The zero-order chi connectivity index (χ0) is 14.3. The van der Waals surface area contributed by atoms with Gasteiger partial charge in [-0.25, -0.2) is 9.78 Å². The van der Waals surface area contributed by atoms with Crippen LogP contribution in [0.2, 0.25) is 0 Å². The maximum absolute atomic E-state index is 11.1. The van der Waals surface area contributed by atoms with Gasteiger partial charge in [-0.1, -0.05) is 6.92 Å². The number of benzene rings is 1. The van der Waals surface area contributed by atoms with Gasteiger partial charge in [0.15, 0.2) is 0 Å². The highest BCUT2D eigenvalue weighted by molar-refractivity contribution is 7.99. The molecule has 1 fully saturated rings. The summed E-state index contributed by atoms with van der Waals surface area (Å²) >= 11 is 1.84. The van der Waals surface area contributed by atoms with Crippen LogP contribution in [0.5, 0.6) is 0 Å². The quantitative estimate of drug-likeness (QED) is 0.917. The Morgan fingerprint density at radius 1 is 1.55 bits per heavy atom. The first kappa shape index (κ1) is 13.5. The summed E-state index contributed by atoms with van der Waals surface area (Å²) in [5.41, 5.74) is 2.17. The Hall–Kier alpha value is -1.49. The van der Waals surface area contributed by atoms with Gasteiger partial charge >= 0.3 is 5.97 Å². The van der Waals surface area contributed by atoms with E-state index < -0.39 is 5.97 Å². The first-order valence-electron chi connectivity index (χ1n) is 6.86. The van der Waals surface area contributed by atoms with Gasteiger partial charge in [-0.15, -0.1) is 0 Å². The Morgan fingerprint density at radius 3 is 2.90 bits per heavy atom. The SMILES string of the molecule is CSC(C)Cn1c(C2CC2)nc2cc(C(=O)O)ccc21. The third-order valence-electron chi connectivity index (χ3n) is 3.81. The number of aromatic nitrogens is 2. The van der Waals surface area contributed by atoms with E-state index in [1.54, 1.807) is 12.1 Å². The van der Waals surface area contributed by atoms with Crippen LogP contribution >= 0.6 is 11.8 Å². The Labute approximate surface area is 122 Å². The maximum Gasteiger partial charge on any atom is 0.335 e. The highest BCUT2D eigenvalue weighted by Gasteiger charge is 2.30. The predicted octanol–water partition coefficient (Wildman–Crippen LogP) is 3.36. The number of rotatable bonds is 5. The van der Waals surface area contributed by atoms with Crippen LogP contribution in [0.1, 0.15) is 41.9 Å². The third kappa shape index (κ3) is 2.42. The minimum Gasteiger partial charge on any atom is -0.478 e. The topological polar surface area (TPSA) is 55.1 Å². The summed E-state index contributed by atoms with van der Waals surface area (Å²) < 4.78 is 2.28. The van der Waals surface area contributed by atoms with Crippen LogP contribution in [0.25, 0.3) is 11.0 Å². The summed E-state index contributed by atoms with van der Waals surface area (Å²) in [6.45, 7) is 3.13. The van der Waals surface area contributed by atoms with E-state index in [2.05, 4.69) is 17.7 Å². The molecule has 3 rings (SSSR count). The van der Waals surface area contributed by atoms with E-state index in [1.807, 2.05) is 17.8 Å². The zero-order valence-corrected chi connectivity index (χ0v) is 12.5. The van der Waals surface area contributed by atoms with Gasteiger partial charge in [0.05, 0.1) is 16.6 Å². The summed E-state index contributed by atoms with van der Waals surface area (Å²) in [4.78, 5) is 15.8. The maximum atomic E-state index is 11.1. The van der Waals surface area contributed by atoms with E-state index in [0.717, 1.165) is 23.4 Å². The fourth-order valence-electron chi connectivity index (χ4n) is 2.46. The van der Waals surface area contributed by atoms with Crippen molar-refractivity contribution in [3.63, 3.8) is 0 Å². The smallest absolute Gasteiger partial charge is 0.335 e. The molecular weight excluding hydrogens is 272 g/mol. The van der Waals surface area contributed by atoms with Crippen molar-refractivity contribution in [2.24, 2.45) is 0 Å². The highest BCUT2D eigenvalue weighted by Crippen LogP contribution is 2.41. The molecule has 1 N–H and O–H groups in total. The minimum atomic E-state index is -0.896. The second-order valence-corrected chi connectivity index (χ2v) is 6.69.